The maximum Gasteiger partial charge on any atom is 0.416 e. The third-order valence-electron chi connectivity index (χ3n) is 20.6. The monoisotopic (exact) mass is 1500 g/mol. The first-order valence-corrected chi connectivity index (χ1v) is 37.4. The minimum atomic E-state index is -4.82. The van der Waals surface area contributed by atoms with Gasteiger partial charge in [-0.2, -0.15) is 13.2 Å². The van der Waals surface area contributed by atoms with Gasteiger partial charge in [-0.1, -0.05) is 255 Å². The fourth-order valence-corrected chi connectivity index (χ4v) is 15.0. The van der Waals surface area contributed by atoms with Crippen molar-refractivity contribution in [2.45, 2.75) is 6.18 Å². The highest BCUT2D eigenvalue weighted by molar-refractivity contribution is 6.14. The van der Waals surface area contributed by atoms with Crippen molar-refractivity contribution < 1.29 is 13.2 Å². The van der Waals surface area contributed by atoms with Crippen molar-refractivity contribution in [2.24, 2.45) is 0 Å². The van der Waals surface area contributed by atoms with Crippen LogP contribution < -0.4 is 0 Å². The van der Waals surface area contributed by atoms with Gasteiger partial charge in [-0.15, -0.1) is 0 Å². The summed E-state index contributed by atoms with van der Waals surface area (Å²) in [5, 5.41) is 2.85. The smallest absolute Gasteiger partial charge is 0.310 e. The Morgan fingerprint density at radius 3 is 0.681 bits per heavy atom. The molecule has 0 aliphatic carbocycles. The predicted molar refractivity (Wildman–Crippen MR) is 451 cm³/mol. The molecule has 0 amide bonds. The highest BCUT2D eigenvalue weighted by Crippen LogP contribution is 2.47. The van der Waals surface area contributed by atoms with Crippen molar-refractivity contribution in [3.63, 3.8) is 0 Å². The lowest BCUT2D eigenvalue weighted by molar-refractivity contribution is -0.137. The van der Waals surface area contributed by atoms with E-state index >= 15 is 13.2 Å². The van der Waals surface area contributed by atoms with E-state index in [4.69, 9.17) is 66.4 Å². The Hall–Kier alpha value is -16.0. The predicted octanol–water partition coefficient (Wildman–Crippen LogP) is 23.9. The van der Waals surface area contributed by atoms with Crippen LogP contribution in [0.1, 0.15) is 5.56 Å². The summed E-state index contributed by atoms with van der Waals surface area (Å²) >= 11 is 0. The van der Waals surface area contributed by atoms with Crippen molar-refractivity contribution in [1.29, 1.82) is 0 Å². The van der Waals surface area contributed by atoms with E-state index in [1.807, 2.05) is 325 Å². The third-order valence-corrected chi connectivity index (χ3v) is 20.6. The highest BCUT2D eigenvalue weighted by Gasteiger charge is 2.33. The Bertz CT molecular complexity index is 6640. The second-order valence-electron chi connectivity index (χ2n) is 27.8. The Balaban J connectivity index is 0.835. The van der Waals surface area contributed by atoms with Gasteiger partial charge in [-0.25, -0.2) is 64.7 Å². The molecule has 20 rings (SSSR count). The molecule has 0 spiro atoms. The van der Waals surface area contributed by atoms with Gasteiger partial charge in [0.2, 0.25) is 0 Å². The zero-order valence-electron chi connectivity index (χ0n) is 61.3. The lowest BCUT2D eigenvalue weighted by Gasteiger charge is -2.21. The quantitative estimate of drug-likeness (QED) is 0.0892. The van der Waals surface area contributed by atoms with E-state index in [1.54, 1.807) is 18.2 Å². The maximum absolute atomic E-state index is 16.1. The lowest BCUT2D eigenvalue weighted by Crippen LogP contribution is -2.08. The summed E-state index contributed by atoms with van der Waals surface area (Å²) in [6, 6.07) is 111. The van der Waals surface area contributed by atoms with E-state index in [0.29, 0.717) is 142 Å². The molecule has 20 aromatic rings. The van der Waals surface area contributed by atoms with E-state index in [-0.39, 0.29) is 11.3 Å². The number of fused-ring (bicyclic) bond motifs is 6. The summed E-state index contributed by atoms with van der Waals surface area (Å²) in [6.45, 7) is 8.66. The fraction of sp³-hybridized carbons (Fsp3) is 0.0102. The molecule has 0 atom stereocenters. The molecule has 0 unspecified atom stereocenters. The van der Waals surface area contributed by atoms with Crippen LogP contribution >= 0.6 is 0 Å². The summed E-state index contributed by atoms with van der Waals surface area (Å²) in [5.74, 6) is 5.30. The van der Waals surface area contributed by atoms with E-state index in [0.717, 1.165) is 61.3 Å². The second-order valence-corrected chi connectivity index (χ2v) is 27.8. The second kappa shape index (κ2) is 29.0. The first-order chi connectivity index (χ1) is 57.0. The van der Waals surface area contributed by atoms with Gasteiger partial charge in [0, 0.05) is 105 Å². The molecule has 6 aromatic heterocycles. The Kier molecular flexibility index (Phi) is 17.3. The van der Waals surface area contributed by atoms with Crippen LogP contribution in [0.5, 0.6) is 0 Å². The number of nitrogens with zero attached hydrogens (tertiary/aromatic N) is 15. The molecule has 0 saturated carbocycles. The molecule has 0 radical (unpaired) electrons. The molecule has 18 heteroatoms. The highest BCUT2D eigenvalue weighted by atomic mass is 19.4. The van der Waals surface area contributed by atoms with Gasteiger partial charge < -0.3 is 9.13 Å². The minimum Gasteiger partial charge on any atom is -0.310 e. The van der Waals surface area contributed by atoms with E-state index in [2.05, 4.69) is 4.85 Å². The van der Waals surface area contributed by atoms with Gasteiger partial charge in [0.25, 0.3) is 0 Å². The number of halogens is 3. The summed E-state index contributed by atoms with van der Waals surface area (Å²) in [7, 11) is 0. The first kappa shape index (κ1) is 69.2. The van der Waals surface area contributed by atoms with Gasteiger partial charge in [0.1, 0.15) is 0 Å². The molecule has 0 bridgehead atoms. The van der Waals surface area contributed by atoms with E-state index in [1.165, 1.54) is 12.1 Å². The SMILES string of the molecule is [C-]#[N+]c1ccc(-c2cc(C(F)(F)F)ccc2-n2c3ccc(-c4nc(-c5ccccc5)nc(-c5ccccc5)n4)cc3c3cc(-c4nc(-c5ccccc5)nc(-c5ccccc5)n4)ccc32)c(-n2c3ccc(-c4nc(-c5ccccc5)nc(-c5ccccc5)n4)cc3c3cc(-c4nc(-c5ccccc5)nc(-c5ccccc5)n4)ccc32)c1. The van der Waals surface area contributed by atoms with Crippen molar-refractivity contribution in [3.05, 3.63) is 369 Å². The largest absolute Gasteiger partial charge is 0.416 e. The van der Waals surface area contributed by atoms with Crippen molar-refractivity contribution in [2.75, 3.05) is 0 Å². The summed E-state index contributed by atoms with van der Waals surface area (Å²) in [5.41, 5.74) is 12.2. The lowest BCUT2D eigenvalue weighted by atomic mass is 9.97. The van der Waals surface area contributed by atoms with Crippen LogP contribution in [0.25, 0.3) is 208 Å². The molecule has 0 aliphatic rings. The minimum absolute atomic E-state index is 0.204. The Morgan fingerprint density at radius 2 is 0.448 bits per heavy atom. The number of aromatic nitrogens is 14. The van der Waals surface area contributed by atoms with E-state index in [9.17, 15) is 0 Å². The molecule has 0 N–H and O–H groups in total. The molecule has 0 aliphatic heterocycles. The molecular formula is C98H58F3N15. The number of hydrogen-bond donors (Lipinski definition) is 0. The van der Waals surface area contributed by atoms with Crippen LogP contribution in [0, 0.1) is 6.57 Å². The molecule has 6 heterocycles. The topological polar surface area (TPSA) is 169 Å². The van der Waals surface area contributed by atoms with Crippen LogP contribution in [-0.4, -0.2) is 68.9 Å². The van der Waals surface area contributed by atoms with Crippen molar-refractivity contribution >= 4 is 49.3 Å². The van der Waals surface area contributed by atoms with Gasteiger partial charge in [0.15, 0.2) is 75.6 Å². The zero-order valence-corrected chi connectivity index (χ0v) is 61.3. The number of benzene rings is 14. The van der Waals surface area contributed by atoms with Crippen LogP contribution in [0.4, 0.5) is 18.9 Å². The Labute approximate surface area is 661 Å². The molecule has 0 fully saturated rings. The van der Waals surface area contributed by atoms with Gasteiger partial charge in [-0.05, 0) is 97.1 Å². The van der Waals surface area contributed by atoms with Crippen LogP contribution in [0.3, 0.4) is 0 Å². The maximum atomic E-state index is 16.1. The number of rotatable bonds is 15. The third kappa shape index (κ3) is 13.0. The molecular weight excluding hydrogens is 1440 g/mol. The molecule has 546 valence electrons. The first-order valence-electron chi connectivity index (χ1n) is 37.4. The summed E-state index contributed by atoms with van der Waals surface area (Å²) in [6.07, 6.45) is -4.82. The average Bonchev–Trinajstić information content (AvgIpc) is 1.56. The zero-order chi connectivity index (χ0) is 77.8. The number of hydrogen-bond acceptors (Lipinski definition) is 12. The summed E-state index contributed by atoms with van der Waals surface area (Å²) in [4.78, 5) is 65.5. The van der Waals surface area contributed by atoms with Gasteiger partial charge >= 0.3 is 6.18 Å². The standard InChI is InChI=1S/C98H58F3N15/c1-102-73-47-48-74(85(59-73)116-82-51-44-70(96-111-90(64-34-18-6-19-35-64)105-91(112-96)65-36-20-7-21-37-65)56-77(82)78-57-71(45-52-83(78)116)97-113-92(66-38-22-8-23-39-66)106-93(114-97)67-40-24-9-25-41-67)79-58-72(98(99,100)101)46-53-84(79)115-80-49-42-68(94-107-86(60-26-10-2-11-27-60)103-87(108-94)61-28-12-3-13-29-61)54-75(80)76-55-69(43-50-81(76)115)95-109-88(62-30-14-4-15-31-62)104-89(110-95)63-32-16-5-17-33-63/h2-59H. The Morgan fingerprint density at radius 1 is 0.216 bits per heavy atom. The van der Waals surface area contributed by atoms with Crippen molar-refractivity contribution in [1.82, 2.24) is 68.9 Å². The van der Waals surface area contributed by atoms with Crippen LogP contribution in [0.2, 0.25) is 0 Å². The van der Waals surface area contributed by atoms with Crippen LogP contribution in [0.15, 0.2) is 352 Å². The number of alkyl halides is 3. The molecule has 116 heavy (non-hydrogen) atoms. The van der Waals surface area contributed by atoms with E-state index < -0.39 is 11.7 Å². The normalized spacial score (nSPS) is 11.6. The molecule has 14 aromatic carbocycles. The van der Waals surface area contributed by atoms with Crippen molar-refractivity contribution in [3.8, 4) is 159 Å². The fourth-order valence-electron chi connectivity index (χ4n) is 15.0. The summed E-state index contributed by atoms with van der Waals surface area (Å²) < 4.78 is 52.2. The van der Waals surface area contributed by atoms with Gasteiger partial charge in [0.05, 0.1) is 39.9 Å². The average molecular weight is 1500 g/mol. The van der Waals surface area contributed by atoms with Gasteiger partial charge in [-0.3, -0.25) is 0 Å². The molecule has 15 nitrogen and oxygen atoms in total. The van der Waals surface area contributed by atoms with Crippen LogP contribution in [-0.2, 0) is 6.18 Å². The molecule has 0 saturated heterocycles.